The van der Waals surface area contributed by atoms with E-state index in [4.69, 9.17) is 26.1 Å². The van der Waals surface area contributed by atoms with Gasteiger partial charge in [-0.2, -0.15) is 0 Å². The van der Waals surface area contributed by atoms with E-state index in [0.717, 1.165) is 17.9 Å². The molecular weight excluding hydrogens is 426 g/mol. The number of furan rings is 1. The van der Waals surface area contributed by atoms with Crippen molar-refractivity contribution in [2.24, 2.45) is 0 Å². The zero-order valence-corrected chi connectivity index (χ0v) is 18.8. The second-order valence-electron chi connectivity index (χ2n) is 7.41. The van der Waals surface area contributed by atoms with Crippen LogP contribution in [-0.4, -0.2) is 48.3 Å². The molecule has 3 aromatic rings. The van der Waals surface area contributed by atoms with E-state index in [1.807, 2.05) is 42.5 Å². The molecule has 3 heterocycles. The number of benzene rings is 1. The molecule has 0 amide bonds. The number of hydrogen-bond donors (Lipinski definition) is 1. The molecule has 0 saturated carbocycles. The third-order valence-electron chi connectivity index (χ3n) is 5.46. The van der Waals surface area contributed by atoms with E-state index in [2.05, 4.69) is 15.2 Å². The Morgan fingerprint density at radius 3 is 2.72 bits per heavy atom. The van der Waals surface area contributed by atoms with E-state index >= 15 is 0 Å². The quantitative estimate of drug-likeness (QED) is 0.311. The molecule has 32 heavy (non-hydrogen) atoms. The van der Waals surface area contributed by atoms with Crippen LogP contribution in [-0.2, 0) is 9.47 Å². The zero-order valence-electron chi connectivity index (χ0n) is 18.0. The Morgan fingerprint density at radius 2 is 1.97 bits per heavy atom. The van der Waals surface area contributed by atoms with Gasteiger partial charge in [-0.05, 0) is 49.0 Å². The second-order valence-corrected chi connectivity index (χ2v) is 7.79. The summed E-state index contributed by atoms with van der Waals surface area (Å²) in [5.74, 6) is 0.922. The Morgan fingerprint density at radius 1 is 1.16 bits per heavy atom. The zero-order chi connectivity index (χ0) is 22.5. The molecule has 2 atom stereocenters. The third-order valence-corrected chi connectivity index (χ3v) is 5.81. The Bertz CT molecular complexity index is 1090. The lowest BCUT2D eigenvalue weighted by atomic mass is 10.0. The lowest BCUT2D eigenvalue weighted by molar-refractivity contribution is 0.0601. The molecule has 7 nitrogen and oxygen atoms in total. The highest BCUT2D eigenvalue weighted by Crippen LogP contribution is 2.40. The van der Waals surface area contributed by atoms with Crippen molar-refractivity contribution < 1.29 is 18.7 Å². The van der Waals surface area contributed by atoms with Crippen LogP contribution in [0.4, 0.5) is 0 Å². The van der Waals surface area contributed by atoms with Crippen LogP contribution < -0.4 is 5.32 Å². The summed E-state index contributed by atoms with van der Waals surface area (Å²) in [5, 5.41) is 4.05. The van der Waals surface area contributed by atoms with Crippen LogP contribution in [0.1, 0.15) is 40.3 Å². The summed E-state index contributed by atoms with van der Waals surface area (Å²) in [5.41, 5.74) is 2.01. The molecule has 1 aliphatic rings. The Labute approximate surface area is 192 Å². The topological polar surface area (TPSA) is 76.8 Å². The van der Waals surface area contributed by atoms with Crippen molar-refractivity contribution in [3.8, 4) is 11.3 Å². The summed E-state index contributed by atoms with van der Waals surface area (Å²) in [4.78, 5) is 18.9. The molecule has 1 aliphatic heterocycles. The van der Waals surface area contributed by atoms with E-state index in [-0.39, 0.29) is 12.1 Å². The van der Waals surface area contributed by atoms with Crippen LogP contribution in [0.5, 0.6) is 0 Å². The number of hydrogen-bond acceptors (Lipinski definition) is 6. The minimum atomic E-state index is -0.408. The van der Waals surface area contributed by atoms with Gasteiger partial charge in [0.2, 0.25) is 0 Å². The fourth-order valence-electron chi connectivity index (χ4n) is 3.98. The molecule has 2 aromatic heterocycles. The summed E-state index contributed by atoms with van der Waals surface area (Å²) in [6.45, 7) is 1.35. The monoisotopic (exact) mass is 451 g/mol. The first kappa shape index (κ1) is 22.0. The number of carbonyl (C=O) groups is 1. The molecule has 4 rings (SSSR count). The minimum absolute atomic E-state index is 0.166. The second kappa shape index (κ2) is 9.93. The number of nitrogens with one attached hydrogen (secondary N) is 1. The Hall–Kier alpha value is -3.23. The van der Waals surface area contributed by atoms with Crippen molar-refractivity contribution in [3.63, 3.8) is 0 Å². The van der Waals surface area contributed by atoms with Crippen molar-refractivity contribution in [1.29, 1.82) is 0 Å². The lowest BCUT2D eigenvalue weighted by Gasteiger charge is -2.26. The molecule has 1 N–H and O–H groups in total. The summed E-state index contributed by atoms with van der Waals surface area (Å²) in [6, 6.07) is 16.5. The average molecular weight is 452 g/mol. The van der Waals surface area contributed by atoms with E-state index in [0.29, 0.717) is 35.2 Å². The summed E-state index contributed by atoms with van der Waals surface area (Å²) in [7, 11) is 3.06. The maximum Gasteiger partial charge on any atom is 0.338 e. The van der Waals surface area contributed by atoms with Gasteiger partial charge in [-0.3, -0.25) is 4.98 Å². The highest BCUT2D eigenvalue weighted by Gasteiger charge is 2.41. The van der Waals surface area contributed by atoms with Gasteiger partial charge in [-0.25, -0.2) is 4.79 Å². The number of methoxy groups -OCH3 is 2. The van der Waals surface area contributed by atoms with Gasteiger partial charge in [0.1, 0.15) is 17.6 Å². The molecule has 1 saturated heterocycles. The van der Waals surface area contributed by atoms with Crippen molar-refractivity contribution in [2.75, 3.05) is 27.4 Å². The maximum atomic E-state index is 12.2. The number of nitrogens with zero attached hydrogens (tertiary/aromatic N) is 2. The standard InChI is InChI=1S/C24H25N3O4S/c1-29-15-7-14-27-22(21(26-24(27)32)18-10-5-6-13-25-18)20-12-11-19(31-20)16-8-3-4-9-17(16)23(28)30-2/h3-6,8-13,21-22H,7,14-15H2,1-2H3,(H,26,32)/t21-,22-/m1/s1. The van der Waals surface area contributed by atoms with Crippen LogP contribution in [0, 0.1) is 0 Å². The third kappa shape index (κ3) is 4.37. The van der Waals surface area contributed by atoms with Gasteiger partial charge in [-0.1, -0.05) is 24.3 Å². The Balaban J connectivity index is 1.71. The first-order chi connectivity index (χ1) is 15.6. The number of aromatic nitrogens is 1. The van der Waals surface area contributed by atoms with Crippen LogP contribution in [0.25, 0.3) is 11.3 Å². The molecule has 0 radical (unpaired) electrons. The first-order valence-electron chi connectivity index (χ1n) is 10.4. The van der Waals surface area contributed by atoms with E-state index in [1.54, 1.807) is 25.4 Å². The molecule has 1 aromatic carbocycles. The largest absolute Gasteiger partial charge is 0.465 e. The van der Waals surface area contributed by atoms with Crippen molar-refractivity contribution >= 4 is 23.3 Å². The predicted molar refractivity (Wildman–Crippen MR) is 124 cm³/mol. The van der Waals surface area contributed by atoms with Gasteiger partial charge in [0, 0.05) is 32.0 Å². The number of rotatable bonds is 8. The summed E-state index contributed by atoms with van der Waals surface area (Å²) in [6.07, 6.45) is 2.59. The number of thiocarbonyl (C=S) groups is 1. The molecule has 166 valence electrons. The van der Waals surface area contributed by atoms with Gasteiger partial charge in [0.25, 0.3) is 0 Å². The number of ether oxygens (including phenoxy) is 2. The van der Waals surface area contributed by atoms with Crippen LogP contribution in [0.15, 0.2) is 65.2 Å². The fraction of sp³-hybridized carbons (Fsp3) is 0.292. The smallest absolute Gasteiger partial charge is 0.338 e. The summed E-state index contributed by atoms with van der Waals surface area (Å²) >= 11 is 5.66. The lowest BCUT2D eigenvalue weighted by Crippen LogP contribution is -2.31. The molecular formula is C24H25N3O4S. The average Bonchev–Trinajstić information content (AvgIpc) is 3.44. The fourth-order valence-corrected chi connectivity index (χ4v) is 4.31. The predicted octanol–water partition coefficient (Wildman–Crippen LogP) is 4.14. The number of carbonyl (C=O) groups excluding carboxylic acids is 1. The normalized spacial score (nSPS) is 17.9. The highest BCUT2D eigenvalue weighted by molar-refractivity contribution is 7.80. The minimum Gasteiger partial charge on any atom is -0.465 e. The number of pyridine rings is 1. The molecule has 1 fully saturated rings. The van der Waals surface area contributed by atoms with Gasteiger partial charge in [0.15, 0.2) is 5.11 Å². The van der Waals surface area contributed by atoms with Crippen molar-refractivity contribution in [2.45, 2.75) is 18.5 Å². The number of esters is 1. The SMILES string of the molecule is COCCCN1C(=S)N[C@H](c2ccccn2)[C@H]1c1ccc(-c2ccccc2C(=O)OC)o1. The molecule has 0 spiro atoms. The van der Waals surface area contributed by atoms with Gasteiger partial charge in [-0.15, -0.1) is 0 Å². The molecule has 0 aliphatic carbocycles. The van der Waals surface area contributed by atoms with Gasteiger partial charge < -0.3 is 24.1 Å². The van der Waals surface area contributed by atoms with E-state index in [1.165, 1.54) is 7.11 Å². The maximum absolute atomic E-state index is 12.2. The first-order valence-corrected chi connectivity index (χ1v) is 10.8. The highest BCUT2D eigenvalue weighted by atomic mass is 32.1. The summed E-state index contributed by atoms with van der Waals surface area (Å²) < 4.78 is 16.5. The molecule has 0 bridgehead atoms. The van der Waals surface area contributed by atoms with Crippen LogP contribution >= 0.6 is 12.2 Å². The van der Waals surface area contributed by atoms with Crippen molar-refractivity contribution in [1.82, 2.24) is 15.2 Å². The molecule has 8 heteroatoms. The van der Waals surface area contributed by atoms with Crippen LogP contribution in [0.2, 0.25) is 0 Å². The van der Waals surface area contributed by atoms with Crippen molar-refractivity contribution in [3.05, 3.63) is 77.8 Å². The molecule has 0 unspecified atom stereocenters. The van der Waals surface area contributed by atoms with E-state index < -0.39 is 5.97 Å². The Kier molecular flexibility index (Phi) is 6.82. The van der Waals surface area contributed by atoms with Crippen LogP contribution in [0.3, 0.4) is 0 Å². The van der Waals surface area contributed by atoms with Gasteiger partial charge in [0.05, 0.1) is 24.4 Å². The van der Waals surface area contributed by atoms with E-state index in [9.17, 15) is 4.79 Å². The van der Waals surface area contributed by atoms with Gasteiger partial charge >= 0.3 is 5.97 Å².